The van der Waals surface area contributed by atoms with Crippen molar-refractivity contribution in [3.8, 4) is 11.8 Å². The summed E-state index contributed by atoms with van der Waals surface area (Å²) >= 11 is 5.97. The first kappa shape index (κ1) is 20.1. The van der Waals surface area contributed by atoms with E-state index in [1.54, 1.807) is 36.4 Å². The third-order valence-electron chi connectivity index (χ3n) is 3.95. The number of nitrogens with one attached hydrogen (secondary N) is 1. The molecule has 3 aromatic rings. The van der Waals surface area contributed by atoms with Gasteiger partial charge in [-0.1, -0.05) is 48.0 Å². The third-order valence-corrected chi connectivity index (χ3v) is 4.19. The minimum Gasteiger partial charge on any atom is -0.489 e. The molecule has 144 valence electrons. The average Bonchev–Trinajstić information content (AvgIpc) is 2.72. The summed E-state index contributed by atoms with van der Waals surface area (Å²) in [5.41, 5.74) is 1.38. The summed E-state index contributed by atoms with van der Waals surface area (Å²) in [5.74, 6) is -0.692. The van der Waals surface area contributed by atoms with Gasteiger partial charge in [-0.25, -0.2) is 4.39 Å². The zero-order valence-electron chi connectivity index (χ0n) is 15.2. The van der Waals surface area contributed by atoms with Crippen LogP contribution in [0.4, 0.5) is 10.1 Å². The number of carbonyl (C=O) groups excluding carboxylic acids is 1. The summed E-state index contributed by atoms with van der Waals surface area (Å²) in [6.07, 6.45) is 1.42. The zero-order chi connectivity index (χ0) is 20.6. The van der Waals surface area contributed by atoms with Crippen LogP contribution in [0.2, 0.25) is 5.02 Å². The Kier molecular flexibility index (Phi) is 6.62. The number of carbonyl (C=O) groups is 1. The fourth-order valence-corrected chi connectivity index (χ4v) is 2.77. The van der Waals surface area contributed by atoms with Crippen molar-refractivity contribution in [3.05, 3.63) is 100 Å². The second-order valence-electron chi connectivity index (χ2n) is 6.09. The Morgan fingerprint density at radius 2 is 1.90 bits per heavy atom. The Morgan fingerprint density at radius 3 is 2.66 bits per heavy atom. The smallest absolute Gasteiger partial charge is 0.266 e. The molecule has 29 heavy (non-hydrogen) atoms. The van der Waals surface area contributed by atoms with Crippen molar-refractivity contribution in [2.75, 3.05) is 5.32 Å². The fourth-order valence-electron chi connectivity index (χ4n) is 2.56. The second-order valence-corrected chi connectivity index (χ2v) is 6.53. The molecule has 0 aromatic heterocycles. The van der Waals surface area contributed by atoms with Crippen LogP contribution in [0.1, 0.15) is 11.1 Å². The lowest BCUT2D eigenvalue weighted by Gasteiger charge is -2.08. The van der Waals surface area contributed by atoms with E-state index in [-0.39, 0.29) is 11.3 Å². The van der Waals surface area contributed by atoms with E-state index in [2.05, 4.69) is 5.32 Å². The maximum Gasteiger partial charge on any atom is 0.266 e. The maximum atomic E-state index is 13.7. The molecule has 0 unspecified atom stereocenters. The first-order valence-corrected chi connectivity index (χ1v) is 9.08. The summed E-state index contributed by atoms with van der Waals surface area (Å²) in [5, 5.41) is 12.4. The monoisotopic (exact) mass is 406 g/mol. The van der Waals surface area contributed by atoms with Gasteiger partial charge in [0.15, 0.2) is 0 Å². The van der Waals surface area contributed by atoms with Gasteiger partial charge < -0.3 is 10.1 Å². The molecule has 0 saturated heterocycles. The van der Waals surface area contributed by atoms with Gasteiger partial charge in [0.1, 0.15) is 29.8 Å². The standard InChI is InChI=1S/C23H16ClFN2O2/c24-19-7-3-6-17(12-19)15-29-20-8-4-5-16(13-20)11-18(14-26)23(28)27-22-10-2-1-9-21(22)25/h1-13H,15H2,(H,27,28)/b18-11-. The molecule has 0 atom stereocenters. The highest BCUT2D eigenvalue weighted by Gasteiger charge is 2.12. The molecule has 3 rings (SSSR count). The third kappa shape index (κ3) is 5.68. The Hall–Kier alpha value is -3.62. The zero-order valence-corrected chi connectivity index (χ0v) is 16.0. The Labute approximate surface area is 172 Å². The van der Waals surface area contributed by atoms with E-state index < -0.39 is 11.7 Å². The van der Waals surface area contributed by atoms with E-state index >= 15 is 0 Å². The van der Waals surface area contributed by atoms with Crippen LogP contribution in [-0.2, 0) is 11.4 Å². The summed E-state index contributed by atoms with van der Waals surface area (Å²) < 4.78 is 19.5. The Bertz CT molecular complexity index is 1110. The quantitative estimate of drug-likeness (QED) is 0.428. The Balaban J connectivity index is 1.72. The van der Waals surface area contributed by atoms with Crippen LogP contribution in [0.15, 0.2) is 78.4 Å². The number of hydrogen-bond donors (Lipinski definition) is 1. The lowest BCUT2D eigenvalue weighted by atomic mass is 10.1. The van der Waals surface area contributed by atoms with E-state index in [0.29, 0.717) is 22.9 Å². The van der Waals surface area contributed by atoms with Gasteiger partial charge in [0.05, 0.1) is 5.69 Å². The number of nitrogens with zero attached hydrogens (tertiary/aromatic N) is 1. The number of anilines is 1. The molecule has 0 aliphatic heterocycles. The highest BCUT2D eigenvalue weighted by molar-refractivity contribution is 6.30. The van der Waals surface area contributed by atoms with E-state index in [0.717, 1.165) is 5.56 Å². The van der Waals surface area contributed by atoms with Crippen molar-refractivity contribution >= 4 is 29.3 Å². The number of nitriles is 1. The predicted molar refractivity (Wildman–Crippen MR) is 111 cm³/mol. The molecule has 4 nitrogen and oxygen atoms in total. The number of halogens is 2. The molecule has 6 heteroatoms. The molecule has 0 radical (unpaired) electrons. The van der Waals surface area contributed by atoms with E-state index in [1.807, 2.05) is 24.3 Å². The van der Waals surface area contributed by atoms with Crippen LogP contribution < -0.4 is 10.1 Å². The van der Waals surface area contributed by atoms with Crippen LogP contribution in [0.3, 0.4) is 0 Å². The number of benzene rings is 3. The van der Waals surface area contributed by atoms with Crippen LogP contribution in [0.25, 0.3) is 6.08 Å². The SMILES string of the molecule is N#C/C(=C/c1cccc(OCc2cccc(Cl)c2)c1)C(=O)Nc1ccccc1F. The fraction of sp³-hybridized carbons (Fsp3) is 0.0435. The van der Waals surface area contributed by atoms with Crippen molar-refractivity contribution in [2.45, 2.75) is 6.61 Å². The molecule has 0 aliphatic carbocycles. The lowest BCUT2D eigenvalue weighted by molar-refractivity contribution is -0.112. The summed E-state index contributed by atoms with van der Waals surface area (Å²) in [7, 11) is 0. The number of ether oxygens (including phenoxy) is 1. The maximum absolute atomic E-state index is 13.7. The highest BCUT2D eigenvalue weighted by Crippen LogP contribution is 2.19. The topological polar surface area (TPSA) is 62.1 Å². The molecule has 0 heterocycles. The highest BCUT2D eigenvalue weighted by atomic mass is 35.5. The molecule has 1 N–H and O–H groups in total. The number of amides is 1. The Morgan fingerprint density at radius 1 is 1.10 bits per heavy atom. The molecule has 0 saturated carbocycles. The van der Waals surface area contributed by atoms with E-state index in [1.165, 1.54) is 24.3 Å². The summed E-state index contributed by atoms with van der Waals surface area (Å²) in [4.78, 5) is 12.3. The van der Waals surface area contributed by atoms with Gasteiger partial charge in [-0.2, -0.15) is 5.26 Å². The van der Waals surface area contributed by atoms with E-state index in [9.17, 15) is 14.4 Å². The lowest BCUT2D eigenvalue weighted by Crippen LogP contribution is -2.14. The molecule has 0 spiro atoms. The number of rotatable bonds is 6. The van der Waals surface area contributed by atoms with Crippen LogP contribution >= 0.6 is 11.6 Å². The number of para-hydroxylation sites is 1. The predicted octanol–water partition coefficient (Wildman–Crippen LogP) is 5.60. The van der Waals surface area contributed by atoms with E-state index in [4.69, 9.17) is 16.3 Å². The molecular weight excluding hydrogens is 391 g/mol. The molecule has 0 fully saturated rings. The number of hydrogen-bond acceptors (Lipinski definition) is 3. The second kappa shape index (κ2) is 9.54. The minimum atomic E-state index is -0.692. The van der Waals surface area contributed by atoms with Gasteiger partial charge in [-0.3, -0.25) is 4.79 Å². The van der Waals surface area contributed by atoms with Gasteiger partial charge in [0, 0.05) is 5.02 Å². The van der Waals surface area contributed by atoms with Crippen molar-refractivity contribution in [2.24, 2.45) is 0 Å². The molecule has 0 aliphatic rings. The molecule has 0 bridgehead atoms. The normalized spacial score (nSPS) is 10.9. The summed E-state index contributed by atoms with van der Waals surface area (Å²) in [6, 6.07) is 21.9. The van der Waals surface area contributed by atoms with Crippen molar-refractivity contribution < 1.29 is 13.9 Å². The van der Waals surface area contributed by atoms with Gasteiger partial charge in [0.25, 0.3) is 5.91 Å². The van der Waals surface area contributed by atoms with Crippen molar-refractivity contribution in [3.63, 3.8) is 0 Å². The van der Waals surface area contributed by atoms with Gasteiger partial charge in [-0.15, -0.1) is 0 Å². The van der Waals surface area contributed by atoms with Gasteiger partial charge in [0.2, 0.25) is 0 Å². The van der Waals surface area contributed by atoms with Crippen LogP contribution in [0, 0.1) is 17.1 Å². The van der Waals surface area contributed by atoms with Crippen molar-refractivity contribution in [1.82, 2.24) is 0 Å². The van der Waals surface area contributed by atoms with Crippen LogP contribution in [0.5, 0.6) is 5.75 Å². The minimum absolute atomic E-state index is 0.0113. The van der Waals surface area contributed by atoms with Gasteiger partial charge in [-0.05, 0) is 53.6 Å². The molecular formula is C23H16ClFN2O2. The first-order valence-electron chi connectivity index (χ1n) is 8.70. The molecule has 3 aromatic carbocycles. The van der Waals surface area contributed by atoms with Crippen molar-refractivity contribution in [1.29, 1.82) is 5.26 Å². The molecule has 1 amide bonds. The average molecular weight is 407 g/mol. The largest absolute Gasteiger partial charge is 0.489 e. The first-order chi connectivity index (χ1) is 14.0. The van der Waals surface area contributed by atoms with Gasteiger partial charge >= 0.3 is 0 Å². The summed E-state index contributed by atoms with van der Waals surface area (Å²) in [6.45, 7) is 0.326. The van der Waals surface area contributed by atoms with Crippen LogP contribution in [-0.4, -0.2) is 5.91 Å².